The Morgan fingerprint density at radius 1 is 1.53 bits per heavy atom. The molecule has 1 aromatic heterocycles. The van der Waals surface area contributed by atoms with Crippen molar-refractivity contribution in [2.75, 3.05) is 6.54 Å². The van der Waals surface area contributed by atoms with Gasteiger partial charge in [0.05, 0.1) is 16.3 Å². The molecule has 1 rings (SSSR count). The summed E-state index contributed by atoms with van der Waals surface area (Å²) in [5.74, 6) is -0.275. The number of rotatable bonds is 4. The van der Waals surface area contributed by atoms with Gasteiger partial charge in [-0.3, -0.25) is 4.79 Å². The van der Waals surface area contributed by atoms with Crippen molar-refractivity contribution in [1.82, 2.24) is 4.90 Å². The number of carbonyl (C=O) groups is 1. The van der Waals surface area contributed by atoms with Crippen LogP contribution in [0.15, 0.2) is 12.1 Å². The molecule has 5 heteroatoms. The summed E-state index contributed by atoms with van der Waals surface area (Å²) in [6.45, 7) is 5.78. The standard InChI is InChI=1S/C12H15ClN2OS/c1-8(2)15(7-6-14)12(16)9(3)10-4-5-11(13)17-10/h4-5,8-9H,7H2,1-3H3/t9-/m0/s1. The monoisotopic (exact) mass is 270 g/mol. The molecular formula is C12H15ClN2OS. The van der Waals surface area contributed by atoms with Crippen LogP contribution in [-0.4, -0.2) is 23.4 Å². The molecule has 0 radical (unpaired) electrons. The van der Waals surface area contributed by atoms with Gasteiger partial charge in [0.2, 0.25) is 5.91 Å². The van der Waals surface area contributed by atoms with Crippen LogP contribution in [0.3, 0.4) is 0 Å². The van der Waals surface area contributed by atoms with E-state index in [2.05, 4.69) is 0 Å². The molecule has 1 aromatic rings. The van der Waals surface area contributed by atoms with Crippen LogP contribution in [0.1, 0.15) is 31.6 Å². The highest BCUT2D eigenvalue weighted by Gasteiger charge is 2.24. The van der Waals surface area contributed by atoms with Crippen LogP contribution in [0.25, 0.3) is 0 Å². The van der Waals surface area contributed by atoms with Crippen LogP contribution in [0.5, 0.6) is 0 Å². The largest absolute Gasteiger partial charge is 0.326 e. The smallest absolute Gasteiger partial charge is 0.231 e. The van der Waals surface area contributed by atoms with Crippen LogP contribution in [0.4, 0.5) is 0 Å². The highest BCUT2D eigenvalue weighted by atomic mass is 35.5. The first-order chi connectivity index (χ1) is 7.97. The van der Waals surface area contributed by atoms with Crippen molar-refractivity contribution in [3.63, 3.8) is 0 Å². The van der Waals surface area contributed by atoms with Gasteiger partial charge in [-0.15, -0.1) is 11.3 Å². The molecular weight excluding hydrogens is 256 g/mol. The van der Waals surface area contributed by atoms with Crippen LogP contribution < -0.4 is 0 Å². The van der Waals surface area contributed by atoms with E-state index >= 15 is 0 Å². The number of hydrogen-bond donors (Lipinski definition) is 0. The van der Waals surface area contributed by atoms with Crippen LogP contribution >= 0.6 is 22.9 Å². The molecule has 3 nitrogen and oxygen atoms in total. The molecule has 1 heterocycles. The zero-order chi connectivity index (χ0) is 13.0. The molecule has 0 aliphatic carbocycles. The van der Waals surface area contributed by atoms with E-state index < -0.39 is 0 Å². The maximum atomic E-state index is 12.2. The number of amides is 1. The van der Waals surface area contributed by atoms with Gasteiger partial charge in [-0.25, -0.2) is 0 Å². The summed E-state index contributed by atoms with van der Waals surface area (Å²) < 4.78 is 0.677. The first kappa shape index (κ1) is 14.0. The molecule has 92 valence electrons. The van der Waals surface area contributed by atoms with E-state index in [4.69, 9.17) is 16.9 Å². The number of hydrogen-bond acceptors (Lipinski definition) is 3. The Morgan fingerprint density at radius 2 is 2.18 bits per heavy atom. The predicted molar refractivity (Wildman–Crippen MR) is 70.2 cm³/mol. The van der Waals surface area contributed by atoms with Crippen LogP contribution in [0, 0.1) is 11.3 Å². The Labute approximate surface area is 111 Å². The van der Waals surface area contributed by atoms with Gasteiger partial charge in [0.15, 0.2) is 0 Å². The van der Waals surface area contributed by atoms with Gasteiger partial charge in [0.25, 0.3) is 0 Å². The first-order valence-corrected chi connectivity index (χ1v) is 6.59. The van der Waals surface area contributed by atoms with Crippen molar-refractivity contribution in [3.05, 3.63) is 21.3 Å². The molecule has 0 bridgehead atoms. The van der Waals surface area contributed by atoms with E-state index in [0.717, 1.165) is 4.88 Å². The summed E-state index contributed by atoms with van der Waals surface area (Å²) in [5, 5.41) is 8.73. The van der Waals surface area contributed by atoms with E-state index in [-0.39, 0.29) is 24.4 Å². The normalized spacial score (nSPS) is 12.2. The fourth-order valence-electron chi connectivity index (χ4n) is 1.52. The lowest BCUT2D eigenvalue weighted by Crippen LogP contribution is -2.39. The number of carbonyl (C=O) groups excluding carboxylic acids is 1. The average molecular weight is 271 g/mol. The summed E-state index contributed by atoms with van der Waals surface area (Å²) >= 11 is 7.26. The summed E-state index contributed by atoms with van der Waals surface area (Å²) in [5.41, 5.74) is 0. The van der Waals surface area contributed by atoms with Gasteiger partial charge < -0.3 is 4.90 Å². The molecule has 1 atom stereocenters. The molecule has 1 amide bonds. The predicted octanol–water partition coefficient (Wildman–Crippen LogP) is 3.27. The summed E-state index contributed by atoms with van der Waals surface area (Å²) in [7, 11) is 0. The van der Waals surface area contributed by atoms with E-state index in [1.54, 1.807) is 11.0 Å². The number of nitriles is 1. The minimum Gasteiger partial charge on any atom is -0.326 e. The highest BCUT2D eigenvalue weighted by molar-refractivity contribution is 7.16. The third-order valence-electron chi connectivity index (χ3n) is 2.54. The zero-order valence-corrected chi connectivity index (χ0v) is 11.7. The Bertz CT molecular complexity index is 436. The van der Waals surface area contributed by atoms with Gasteiger partial charge in [0, 0.05) is 10.9 Å². The minimum atomic E-state index is -0.247. The summed E-state index contributed by atoms with van der Waals surface area (Å²) in [6, 6.07) is 5.70. The Morgan fingerprint density at radius 3 is 2.59 bits per heavy atom. The number of nitrogens with zero attached hydrogens (tertiary/aromatic N) is 2. The SMILES string of the molecule is CC(C)N(CC#N)C(=O)[C@@H](C)c1ccc(Cl)s1. The molecule has 0 N–H and O–H groups in total. The van der Waals surface area contributed by atoms with E-state index in [9.17, 15) is 4.79 Å². The van der Waals surface area contributed by atoms with Crippen molar-refractivity contribution in [1.29, 1.82) is 5.26 Å². The second-order valence-corrected chi connectivity index (χ2v) is 5.83. The van der Waals surface area contributed by atoms with Crippen molar-refractivity contribution in [2.45, 2.75) is 32.7 Å². The lowest BCUT2D eigenvalue weighted by molar-refractivity contribution is -0.133. The van der Waals surface area contributed by atoms with E-state index in [1.807, 2.05) is 32.9 Å². The van der Waals surface area contributed by atoms with Gasteiger partial charge in [-0.1, -0.05) is 11.6 Å². The third-order valence-corrected chi connectivity index (χ3v) is 3.95. The molecule has 0 saturated heterocycles. The minimum absolute atomic E-state index is 0.0277. The maximum absolute atomic E-state index is 12.2. The number of halogens is 1. The third kappa shape index (κ3) is 3.45. The van der Waals surface area contributed by atoms with Gasteiger partial charge in [-0.2, -0.15) is 5.26 Å². The van der Waals surface area contributed by atoms with Crippen molar-refractivity contribution in [3.8, 4) is 6.07 Å². The molecule has 0 aromatic carbocycles. The lowest BCUT2D eigenvalue weighted by atomic mass is 10.1. The van der Waals surface area contributed by atoms with Gasteiger partial charge in [0.1, 0.15) is 6.54 Å². The molecule has 0 spiro atoms. The van der Waals surface area contributed by atoms with Crippen LogP contribution in [-0.2, 0) is 4.79 Å². The fourth-order valence-corrected chi connectivity index (χ4v) is 2.63. The van der Waals surface area contributed by atoms with Gasteiger partial charge in [-0.05, 0) is 32.9 Å². The highest BCUT2D eigenvalue weighted by Crippen LogP contribution is 2.29. The van der Waals surface area contributed by atoms with Crippen LogP contribution in [0.2, 0.25) is 4.34 Å². The maximum Gasteiger partial charge on any atom is 0.231 e. The molecule has 0 unspecified atom stereocenters. The van der Waals surface area contributed by atoms with Gasteiger partial charge >= 0.3 is 0 Å². The first-order valence-electron chi connectivity index (χ1n) is 5.40. The summed E-state index contributed by atoms with van der Waals surface area (Å²) in [4.78, 5) is 14.7. The molecule has 0 aliphatic heterocycles. The number of thiophene rings is 1. The lowest BCUT2D eigenvalue weighted by Gasteiger charge is -2.26. The average Bonchev–Trinajstić information content (AvgIpc) is 2.70. The topological polar surface area (TPSA) is 44.1 Å². The molecule has 0 saturated carbocycles. The fraction of sp³-hybridized carbons (Fsp3) is 0.500. The van der Waals surface area contributed by atoms with Crippen molar-refractivity contribution < 1.29 is 4.79 Å². The quantitative estimate of drug-likeness (QED) is 0.788. The van der Waals surface area contributed by atoms with Crippen molar-refractivity contribution in [2.24, 2.45) is 0 Å². The Hall–Kier alpha value is -1.05. The molecule has 0 fully saturated rings. The zero-order valence-electron chi connectivity index (χ0n) is 10.1. The Balaban J connectivity index is 2.84. The Kier molecular flexibility index (Phi) is 4.98. The molecule has 0 aliphatic rings. The second kappa shape index (κ2) is 6.04. The second-order valence-electron chi connectivity index (χ2n) is 4.08. The summed E-state index contributed by atoms with van der Waals surface area (Å²) in [6.07, 6.45) is 0. The van der Waals surface area contributed by atoms with Crippen molar-refractivity contribution >= 4 is 28.8 Å². The van der Waals surface area contributed by atoms with E-state index in [0.29, 0.717) is 4.34 Å². The molecule has 17 heavy (non-hydrogen) atoms. The van der Waals surface area contributed by atoms with E-state index in [1.165, 1.54) is 11.3 Å².